The molecular weight excluding hydrogens is 646 g/mol. The van der Waals surface area contributed by atoms with Crippen molar-refractivity contribution in [3.8, 4) is 0 Å². The van der Waals surface area contributed by atoms with Crippen molar-refractivity contribution < 1.29 is 57.3 Å². The quantitative estimate of drug-likeness (QED) is 0.0877. The van der Waals surface area contributed by atoms with Crippen LogP contribution in [0.1, 0.15) is 12.5 Å². The average molecular weight is 673 g/mol. The zero-order valence-electron chi connectivity index (χ0n) is 22.7. The zero-order chi connectivity index (χ0) is 32.2. The van der Waals surface area contributed by atoms with Crippen molar-refractivity contribution >= 4 is 49.9 Å². The van der Waals surface area contributed by atoms with E-state index in [-0.39, 0.29) is 28.4 Å². The normalized spacial score (nSPS) is 30.3. The number of hydrogen-bond acceptors (Lipinski definition) is 16. The van der Waals surface area contributed by atoms with Gasteiger partial charge in [-0.05, 0) is 12.1 Å². The van der Waals surface area contributed by atoms with E-state index in [0.717, 1.165) is 0 Å². The van der Waals surface area contributed by atoms with Gasteiger partial charge in [0.05, 0.1) is 24.0 Å². The number of nitrogen functional groups attached to an aromatic ring is 2. The number of aliphatic hydroxyl groups is 3. The number of phosphoric ester groups is 1. The summed E-state index contributed by atoms with van der Waals surface area (Å²) < 4.78 is 54.2. The highest BCUT2D eigenvalue weighted by Gasteiger charge is 2.52. The van der Waals surface area contributed by atoms with Gasteiger partial charge in [-0.25, -0.2) is 14.5 Å². The number of aliphatic hydroxyl groups excluding tert-OH is 3. The first kappa shape index (κ1) is 31.5. The van der Waals surface area contributed by atoms with Crippen LogP contribution in [0.3, 0.4) is 0 Å². The lowest BCUT2D eigenvalue weighted by Gasteiger charge is -2.25. The molecule has 45 heavy (non-hydrogen) atoms. The predicted octanol–water partition coefficient (Wildman–Crippen LogP) is -1.62. The molecule has 6 heterocycles. The van der Waals surface area contributed by atoms with Crippen LogP contribution < -0.4 is 17.0 Å². The van der Waals surface area contributed by atoms with E-state index >= 15 is 0 Å². The fraction of sp³-hybridized carbons (Fsp3) is 0.455. The van der Waals surface area contributed by atoms with Gasteiger partial charge in [0.2, 0.25) is 5.95 Å². The smallest absolute Gasteiger partial charge is 0.394 e. The minimum Gasteiger partial charge on any atom is -0.394 e. The molecule has 0 bridgehead atoms. The lowest BCUT2D eigenvalue weighted by atomic mass is 10.1. The summed E-state index contributed by atoms with van der Waals surface area (Å²) in [6.45, 7) is -1.52. The second-order valence-electron chi connectivity index (χ2n) is 10.1. The number of nitrogens with one attached hydrogen (secondary N) is 1. The van der Waals surface area contributed by atoms with Crippen LogP contribution in [0.5, 0.6) is 0 Å². The summed E-state index contributed by atoms with van der Waals surface area (Å²) in [5.74, 6) is -0.0879. The van der Waals surface area contributed by atoms with Crippen LogP contribution >= 0.6 is 16.1 Å². The van der Waals surface area contributed by atoms with Crippen LogP contribution in [-0.2, 0) is 32.2 Å². The Bertz CT molecular complexity index is 1850. The molecule has 2 saturated heterocycles. The molecule has 242 valence electrons. The van der Waals surface area contributed by atoms with Crippen molar-refractivity contribution in [3.63, 3.8) is 0 Å². The average Bonchev–Trinajstić information content (AvgIpc) is 3.73. The summed E-state index contributed by atoms with van der Waals surface area (Å²) in [5.41, 5.74) is 11.2. The fourth-order valence-electron chi connectivity index (χ4n) is 5.34. The Balaban J connectivity index is 1.22. The van der Waals surface area contributed by atoms with E-state index in [9.17, 15) is 39.0 Å². The molecule has 23 heteroatoms. The maximum atomic E-state index is 13.2. The first-order chi connectivity index (χ1) is 21.4. The molecular formula is C22H27N8O13P2+. The molecule has 10 N–H and O–H groups in total. The Hall–Kier alpha value is -3.43. The van der Waals surface area contributed by atoms with Crippen LogP contribution in [-0.4, -0.2) is 104 Å². The third kappa shape index (κ3) is 5.85. The number of rotatable bonds is 10. The summed E-state index contributed by atoms with van der Waals surface area (Å²) in [4.78, 5) is 46.7. The standard InChI is InChI=1S/C22H26N8O13P2/c23-16-8-1-3-29(17(8)26-7-25-16)20-13(33)14(42-44(35)36)11(41-20)6-39-45(37,38)43-15-12(32)10(5-31)40-21(15)30-4-2-9-18(30)27-22(24)28-19(9)34/h1-4,7,10-15,20-21,31-33H,5-6H2,(H6-,23,24,25,26,27,28,34,35,36,37,38)/p+1/t10-,11-,12-,13-,14?,15-,20-,21-/m1/s1. The van der Waals surface area contributed by atoms with E-state index in [0.29, 0.717) is 5.39 Å². The SMILES string of the molecule is Nc1nc2c(ccn2[C@@H]2O[C@H](CO)[C@@H](O)[C@H]2OP(=O)(O)OC[C@H]2O[C@@H](n3ccc4c(N)ncnc43)[C@H](O)C2O[P+](=O)O)c(=O)[nH]1. The molecule has 0 saturated carbocycles. The third-order valence-electron chi connectivity index (χ3n) is 7.36. The number of aromatic nitrogens is 6. The first-order valence-electron chi connectivity index (χ1n) is 13.1. The number of aromatic amines is 1. The summed E-state index contributed by atoms with van der Waals surface area (Å²) in [7, 11) is -8.41. The van der Waals surface area contributed by atoms with Crippen molar-refractivity contribution in [1.82, 2.24) is 29.1 Å². The van der Waals surface area contributed by atoms with Crippen LogP contribution in [0.4, 0.5) is 11.8 Å². The Morgan fingerprint density at radius 3 is 2.42 bits per heavy atom. The van der Waals surface area contributed by atoms with Gasteiger partial charge < -0.3 is 50.3 Å². The van der Waals surface area contributed by atoms with Gasteiger partial charge in [-0.3, -0.25) is 18.8 Å². The van der Waals surface area contributed by atoms with Gasteiger partial charge in [-0.2, -0.15) is 4.98 Å². The Kier molecular flexibility index (Phi) is 8.46. The maximum Gasteiger partial charge on any atom is 0.695 e. The van der Waals surface area contributed by atoms with E-state index in [1.165, 1.54) is 33.9 Å². The second kappa shape index (κ2) is 12.1. The van der Waals surface area contributed by atoms with E-state index in [1.807, 2.05) is 0 Å². The number of ether oxygens (including phenoxy) is 2. The number of hydrogen-bond donors (Lipinski definition) is 8. The van der Waals surface area contributed by atoms with Gasteiger partial charge in [-0.1, -0.05) is 0 Å². The molecule has 4 aromatic heterocycles. The highest BCUT2D eigenvalue weighted by Crippen LogP contribution is 2.50. The van der Waals surface area contributed by atoms with E-state index in [4.69, 9.17) is 34.5 Å². The number of anilines is 2. The minimum atomic E-state index is -5.14. The van der Waals surface area contributed by atoms with Crippen molar-refractivity contribution in [2.24, 2.45) is 0 Å². The molecule has 6 rings (SSSR count). The van der Waals surface area contributed by atoms with Gasteiger partial charge in [0.1, 0.15) is 48.3 Å². The van der Waals surface area contributed by atoms with Crippen molar-refractivity contribution in [2.45, 2.75) is 49.1 Å². The first-order valence-corrected chi connectivity index (χ1v) is 15.7. The Morgan fingerprint density at radius 1 is 1.02 bits per heavy atom. The minimum absolute atomic E-state index is 0.00335. The van der Waals surface area contributed by atoms with Crippen molar-refractivity contribution in [3.05, 3.63) is 41.2 Å². The molecule has 0 aliphatic carbocycles. The van der Waals surface area contributed by atoms with Crippen molar-refractivity contribution in [2.75, 3.05) is 24.7 Å². The van der Waals surface area contributed by atoms with Crippen LogP contribution in [0, 0.1) is 0 Å². The number of phosphoric acid groups is 1. The van der Waals surface area contributed by atoms with E-state index < -0.39 is 83.9 Å². The molecule has 3 unspecified atom stereocenters. The largest absolute Gasteiger partial charge is 0.695 e. The molecule has 2 aliphatic rings. The zero-order valence-corrected chi connectivity index (χ0v) is 24.5. The molecule has 10 atom stereocenters. The molecule has 21 nitrogen and oxygen atoms in total. The van der Waals surface area contributed by atoms with Gasteiger partial charge >= 0.3 is 16.1 Å². The van der Waals surface area contributed by atoms with Gasteiger partial charge in [0.15, 0.2) is 24.2 Å². The monoisotopic (exact) mass is 673 g/mol. The summed E-state index contributed by atoms with van der Waals surface area (Å²) in [6, 6.07) is 2.93. The molecule has 0 spiro atoms. The van der Waals surface area contributed by atoms with Crippen molar-refractivity contribution in [1.29, 1.82) is 0 Å². The molecule has 0 radical (unpaired) electrons. The Morgan fingerprint density at radius 2 is 1.71 bits per heavy atom. The van der Waals surface area contributed by atoms with Gasteiger partial charge in [-0.15, -0.1) is 9.42 Å². The number of nitrogens with zero attached hydrogens (tertiary/aromatic N) is 5. The number of nitrogens with two attached hydrogens (primary N) is 2. The topological polar surface area (TPSA) is 315 Å². The fourth-order valence-corrected chi connectivity index (χ4v) is 6.74. The number of H-pyrrole nitrogens is 1. The van der Waals surface area contributed by atoms with Gasteiger partial charge in [0.25, 0.3) is 5.56 Å². The highest BCUT2D eigenvalue weighted by molar-refractivity contribution is 7.47. The lowest BCUT2D eigenvalue weighted by Crippen LogP contribution is -2.36. The summed E-state index contributed by atoms with van der Waals surface area (Å²) >= 11 is 0. The van der Waals surface area contributed by atoms with Crippen LogP contribution in [0.2, 0.25) is 0 Å². The molecule has 0 amide bonds. The molecule has 0 aromatic carbocycles. The van der Waals surface area contributed by atoms with E-state index in [1.54, 1.807) is 6.07 Å². The highest BCUT2D eigenvalue weighted by atomic mass is 31.2. The predicted molar refractivity (Wildman–Crippen MR) is 149 cm³/mol. The van der Waals surface area contributed by atoms with Gasteiger partial charge in [0, 0.05) is 17.0 Å². The third-order valence-corrected chi connectivity index (χ3v) is 8.77. The number of fused-ring (bicyclic) bond motifs is 2. The van der Waals surface area contributed by atoms with Crippen LogP contribution in [0.15, 0.2) is 35.6 Å². The molecule has 2 aliphatic heterocycles. The molecule has 2 fully saturated rings. The van der Waals surface area contributed by atoms with Crippen LogP contribution in [0.25, 0.3) is 22.1 Å². The Labute approximate surface area is 251 Å². The summed E-state index contributed by atoms with van der Waals surface area (Å²) in [5, 5.41) is 32.0. The lowest BCUT2D eigenvalue weighted by molar-refractivity contribution is -0.0606. The molecule has 4 aromatic rings. The second-order valence-corrected chi connectivity index (χ2v) is 12.2. The summed E-state index contributed by atoms with van der Waals surface area (Å²) in [6.07, 6.45) is -7.80. The van der Waals surface area contributed by atoms with E-state index in [2.05, 4.69) is 19.9 Å². The maximum absolute atomic E-state index is 13.2.